The summed E-state index contributed by atoms with van der Waals surface area (Å²) in [6.45, 7) is 0.856. The summed E-state index contributed by atoms with van der Waals surface area (Å²) >= 11 is 0. The zero-order valence-corrected chi connectivity index (χ0v) is 12.9. The highest BCUT2D eigenvalue weighted by Crippen LogP contribution is 2.24. The smallest absolute Gasteiger partial charge is 0.292 e. The van der Waals surface area contributed by atoms with Gasteiger partial charge in [0.1, 0.15) is 11.9 Å². The number of hydrogen-bond donors (Lipinski definition) is 1. The van der Waals surface area contributed by atoms with E-state index in [4.69, 9.17) is 4.74 Å². The maximum Gasteiger partial charge on any atom is 0.292 e. The largest absolute Gasteiger partial charge is 0.378 e. The van der Waals surface area contributed by atoms with E-state index in [2.05, 4.69) is 0 Å². The zero-order valence-electron chi connectivity index (χ0n) is 12.1. The van der Waals surface area contributed by atoms with Crippen molar-refractivity contribution in [3.8, 4) is 0 Å². The molecule has 1 aliphatic heterocycles. The van der Waals surface area contributed by atoms with E-state index < -0.39 is 43.3 Å². The van der Waals surface area contributed by atoms with Gasteiger partial charge in [-0.1, -0.05) is 0 Å². The van der Waals surface area contributed by atoms with E-state index in [-0.39, 0.29) is 6.61 Å². The van der Waals surface area contributed by atoms with Crippen molar-refractivity contribution in [1.82, 2.24) is 9.62 Å². The molecule has 0 aliphatic carbocycles. The minimum Gasteiger partial charge on any atom is -0.378 e. The SMILES string of the molecule is CN1CCOCC1C(=O)NS(=O)(=O)c1ccc(F)cc1[N+](=O)[O-]. The number of rotatable bonds is 4. The quantitative estimate of drug-likeness (QED) is 0.595. The molecule has 0 aromatic heterocycles. The third-order valence-corrected chi connectivity index (χ3v) is 4.74. The number of carbonyl (C=O) groups is 1. The lowest BCUT2D eigenvalue weighted by molar-refractivity contribution is -0.388. The molecule has 2 rings (SSSR count). The average molecular weight is 347 g/mol. The Morgan fingerprint density at radius 1 is 1.52 bits per heavy atom. The first-order valence-corrected chi connectivity index (χ1v) is 7.99. The Bertz CT molecular complexity index is 738. The van der Waals surface area contributed by atoms with Crippen molar-refractivity contribution in [2.75, 3.05) is 26.8 Å². The molecule has 1 heterocycles. The molecule has 0 bridgehead atoms. The van der Waals surface area contributed by atoms with E-state index in [1.54, 1.807) is 16.7 Å². The van der Waals surface area contributed by atoms with Crippen LogP contribution in [0.15, 0.2) is 23.1 Å². The second kappa shape index (κ2) is 6.56. The van der Waals surface area contributed by atoms with E-state index in [9.17, 15) is 27.7 Å². The summed E-state index contributed by atoms with van der Waals surface area (Å²) in [6, 6.07) is 1.15. The van der Waals surface area contributed by atoms with E-state index in [0.29, 0.717) is 19.2 Å². The van der Waals surface area contributed by atoms with Crippen molar-refractivity contribution >= 4 is 21.6 Å². The van der Waals surface area contributed by atoms with Crippen LogP contribution in [0.25, 0.3) is 0 Å². The Labute approximate surface area is 131 Å². The summed E-state index contributed by atoms with van der Waals surface area (Å²) in [5.74, 6) is -1.83. The van der Waals surface area contributed by atoms with Crippen molar-refractivity contribution in [2.24, 2.45) is 0 Å². The highest BCUT2D eigenvalue weighted by Gasteiger charge is 2.33. The molecule has 1 saturated heterocycles. The first-order valence-electron chi connectivity index (χ1n) is 6.51. The van der Waals surface area contributed by atoms with Gasteiger partial charge in [0.15, 0.2) is 4.90 Å². The number of amides is 1. The number of nitro benzene ring substituents is 1. The molecule has 1 fully saturated rings. The Morgan fingerprint density at radius 2 is 2.22 bits per heavy atom. The molecular weight excluding hydrogens is 333 g/mol. The van der Waals surface area contributed by atoms with Crippen LogP contribution in [0.5, 0.6) is 0 Å². The number of benzene rings is 1. The first-order chi connectivity index (χ1) is 10.7. The molecule has 1 atom stereocenters. The molecule has 1 unspecified atom stereocenters. The van der Waals surface area contributed by atoms with Crippen LogP contribution in [-0.2, 0) is 19.6 Å². The number of nitro groups is 1. The molecule has 1 N–H and O–H groups in total. The van der Waals surface area contributed by atoms with Crippen LogP contribution < -0.4 is 4.72 Å². The van der Waals surface area contributed by atoms with Gasteiger partial charge in [-0.15, -0.1) is 0 Å². The number of nitrogens with zero attached hydrogens (tertiary/aromatic N) is 2. The fraction of sp³-hybridized carbons (Fsp3) is 0.417. The fourth-order valence-corrected chi connectivity index (χ4v) is 3.25. The molecule has 0 radical (unpaired) electrons. The number of carbonyl (C=O) groups excluding carboxylic acids is 1. The number of nitrogens with one attached hydrogen (secondary N) is 1. The highest BCUT2D eigenvalue weighted by atomic mass is 32.2. The van der Waals surface area contributed by atoms with Crippen LogP contribution in [0.3, 0.4) is 0 Å². The molecule has 1 aliphatic rings. The highest BCUT2D eigenvalue weighted by molar-refractivity contribution is 7.90. The lowest BCUT2D eigenvalue weighted by Gasteiger charge is -2.30. The summed E-state index contributed by atoms with van der Waals surface area (Å²) in [4.78, 5) is 22.8. The molecule has 11 heteroatoms. The normalized spacial score (nSPS) is 19.3. The van der Waals surface area contributed by atoms with Crippen LogP contribution in [0.4, 0.5) is 10.1 Å². The van der Waals surface area contributed by atoms with Crippen molar-refractivity contribution < 1.29 is 27.3 Å². The van der Waals surface area contributed by atoms with Crippen LogP contribution >= 0.6 is 0 Å². The standard InChI is InChI=1S/C12H14FN3O6S/c1-15-4-5-22-7-10(15)12(17)14-23(20,21)11-3-2-8(13)6-9(11)16(18)19/h2-3,6,10H,4-5,7H2,1H3,(H,14,17). The monoisotopic (exact) mass is 347 g/mol. The predicted molar refractivity (Wildman–Crippen MR) is 75.6 cm³/mol. The lowest BCUT2D eigenvalue weighted by Crippen LogP contribution is -2.53. The van der Waals surface area contributed by atoms with Gasteiger partial charge in [0.25, 0.3) is 21.6 Å². The summed E-state index contributed by atoms with van der Waals surface area (Å²) in [6.07, 6.45) is 0. The minimum atomic E-state index is -4.51. The molecule has 1 aromatic rings. The van der Waals surface area contributed by atoms with E-state index in [1.165, 1.54) is 0 Å². The van der Waals surface area contributed by atoms with Crippen LogP contribution in [0.2, 0.25) is 0 Å². The maximum absolute atomic E-state index is 13.1. The molecule has 23 heavy (non-hydrogen) atoms. The average Bonchev–Trinajstić information content (AvgIpc) is 2.46. The molecule has 0 spiro atoms. The van der Waals surface area contributed by atoms with Gasteiger partial charge in [-0.3, -0.25) is 19.8 Å². The number of sulfonamides is 1. The van der Waals surface area contributed by atoms with Gasteiger partial charge in [0.05, 0.1) is 24.2 Å². The zero-order chi connectivity index (χ0) is 17.2. The molecule has 9 nitrogen and oxygen atoms in total. The van der Waals surface area contributed by atoms with Gasteiger partial charge in [0.2, 0.25) is 0 Å². The Morgan fingerprint density at radius 3 is 2.83 bits per heavy atom. The second-order valence-corrected chi connectivity index (χ2v) is 6.56. The number of likely N-dealkylation sites (N-methyl/N-ethyl adjacent to an activating group) is 1. The summed E-state index contributed by atoms with van der Waals surface area (Å²) in [5, 5.41) is 10.9. The Balaban J connectivity index is 2.29. The van der Waals surface area contributed by atoms with E-state index in [1.807, 2.05) is 0 Å². The summed E-state index contributed by atoms with van der Waals surface area (Å²) in [5.41, 5.74) is -0.946. The second-order valence-electron chi connectivity index (χ2n) is 4.91. The summed E-state index contributed by atoms with van der Waals surface area (Å²) in [7, 11) is -2.89. The number of hydrogen-bond acceptors (Lipinski definition) is 7. The number of morpholine rings is 1. The topological polar surface area (TPSA) is 119 Å². The van der Waals surface area contributed by atoms with Crippen LogP contribution in [0, 0.1) is 15.9 Å². The first kappa shape index (κ1) is 17.2. The van der Waals surface area contributed by atoms with Crippen molar-refractivity contribution in [2.45, 2.75) is 10.9 Å². The van der Waals surface area contributed by atoms with Gasteiger partial charge in [-0.05, 0) is 19.2 Å². The van der Waals surface area contributed by atoms with Crippen LogP contribution in [0.1, 0.15) is 0 Å². The number of ether oxygens (including phenoxy) is 1. The Kier molecular flexibility index (Phi) is 4.92. The minimum absolute atomic E-state index is 0.00334. The summed E-state index contributed by atoms with van der Waals surface area (Å²) < 4.78 is 44.4. The fourth-order valence-electron chi connectivity index (χ4n) is 2.08. The van der Waals surface area contributed by atoms with Gasteiger partial charge in [-0.25, -0.2) is 17.5 Å². The van der Waals surface area contributed by atoms with E-state index >= 15 is 0 Å². The van der Waals surface area contributed by atoms with E-state index in [0.717, 1.165) is 12.1 Å². The Hall–Kier alpha value is -2.11. The number of halogens is 1. The molecule has 1 aromatic carbocycles. The molecule has 126 valence electrons. The molecule has 1 amide bonds. The molecule has 0 saturated carbocycles. The van der Waals surface area contributed by atoms with Crippen LogP contribution in [-0.4, -0.2) is 57.0 Å². The third kappa shape index (κ3) is 3.81. The lowest BCUT2D eigenvalue weighted by atomic mass is 10.2. The maximum atomic E-state index is 13.1. The van der Waals surface area contributed by atoms with Crippen molar-refractivity contribution in [1.29, 1.82) is 0 Å². The molecular formula is C12H14FN3O6S. The van der Waals surface area contributed by atoms with Crippen molar-refractivity contribution in [3.05, 3.63) is 34.1 Å². The van der Waals surface area contributed by atoms with Crippen molar-refractivity contribution in [3.63, 3.8) is 0 Å². The third-order valence-electron chi connectivity index (χ3n) is 3.34. The van der Waals surface area contributed by atoms with Gasteiger partial charge in [-0.2, -0.15) is 0 Å². The van der Waals surface area contributed by atoms with Gasteiger partial charge < -0.3 is 4.74 Å². The van der Waals surface area contributed by atoms with Gasteiger partial charge >= 0.3 is 0 Å². The van der Waals surface area contributed by atoms with Gasteiger partial charge in [0, 0.05) is 6.54 Å². The predicted octanol–water partition coefficient (Wildman–Crippen LogP) is -0.131.